The van der Waals surface area contributed by atoms with Crippen molar-refractivity contribution in [1.82, 2.24) is 9.97 Å². The van der Waals surface area contributed by atoms with Gasteiger partial charge in [-0.25, -0.2) is 9.97 Å². The van der Waals surface area contributed by atoms with Crippen molar-refractivity contribution >= 4 is 17.4 Å². The molecule has 0 radical (unpaired) electrons. The summed E-state index contributed by atoms with van der Waals surface area (Å²) >= 11 is 5.72. The van der Waals surface area contributed by atoms with Crippen molar-refractivity contribution in [1.29, 1.82) is 0 Å². The SMILES string of the molecule is Oc1ccc(CNc2cc(Cl)ncn2)cc1. The molecule has 0 saturated carbocycles. The molecule has 0 saturated heterocycles. The summed E-state index contributed by atoms with van der Waals surface area (Å²) in [5.41, 5.74) is 1.05. The number of nitrogens with one attached hydrogen (secondary N) is 1. The molecule has 1 aromatic carbocycles. The summed E-state index contributed by atoms with van der Waals surface area (Å²) in [5, 5.41) is 12.6. The predicted molar refractivity (Wildman–Crippen MR) is 62.5 cm³/mol. The van der Waals surface area contributed by atoms with E-state index in [4.69, 9.17) is 16.7 Å². The highest BCUT2D eigenvalue weighted by atomic mass is 35.5. The Labute approximate surface area is 97.9 Å². The van der Waals surface area contributed by atoms with E-state index in [1.807, 2.05) is 12.1 Å². The van der Waals surface area contributed by atoms with Crippen LogP contribution in [0.2, 0.25) is 5.15 Å². The molecule has 0 aliphatic carbocycles. The standard InChI is InChI=1S/C11H10ClN3O/c12-10-5-11(15-7-14-10)13-6-8-1-3-9(16)4-2-8/h1-5,7,16H,6H2,(H,13,14,15). The molecule has 0 aliphatic heterocycles. The zero-order valence-electron chi connectivity index (χ0n) is 8.39. The smallest absolute Gasteiger partial charge is 0.134 e. The maximum atomic E-state index is 9.12. The third kappa shape index (κ3) is 2.84. The summed E-state index contributed by atoms with van der Waals surface area (Å²) in [4.78, 5) is 7.80. The topological polar surface area (TPSA) is 58.0 Å². The molecule has 0 spiro atoms. The number of phenolic OH excluding ortho intramolecular Hbond substituents is 1. The number of hydrogen-bond acceptors (Lipinski definition) is 4. The maximum Gasteiger partial charge on any atom is 0.134 e. The van der Waals surface area contributed by atoms with Crippen LogP contribution in [-0.2, 0) is 6.54 Å². The van der Waals surface area contributed by atoms with Crippen molar-refractivity contribution in [2.24, 2.45) is 0 Å². The van der Waals surface area contributed by atoms with Crippen molar-refractivity contribution in [3.63, 3.8) is 0 Å². The zero-order valence-corrected chi connectivity index (χ0v) is 9.15. The number of phenols is 1. The molecular formula is C11H10ClN3O. The fourth-order valence-electron chi connectivity index (χ4n) is 1.24. The van der Waals surface area contributed by atoms with Crippen molar-refractivity contribution in [2.75, 3.05) is 5.32 Å². The molecule has 2 aromatic rings. The highest BCUT2D eigenvalue weighted by Gasteiger charge is 1.97. The second kappa shape index (κ2) is 4.81. The van der Waals surface area contributed by atoms with Gasteiger partial charge in [0, 0.05) is 12.6 Å². The Hall–Kier alpha value is -1.81. The van der Waals surface area contributed by atoms with Crippen molar-refractivity contribution < 1.29 is 5.11 Å². The summed E-state index contributed by atoms with van der Waals surface area (Å²) in [6, 6.07) is 8.62. The lowest BCUT2D eigenvalue weighted by Gasteiger charge is -2.05. The Morgan fingerprint density at radius 3 is 2.62 bits per heavy atom. The molecule has 16 heavy (non-hydrogen) atoms. The number of halogens is 1. The van der Waals surface area contributed by atoms with Crippen LogP contribution in [0.1, 0.15) is 5.56 Å². The molecule has 2 rings (SSSR count). The average Bonchev–Trinajstić information content (AvgIpc) is 2.28. The molecule has 0 unspecified atom stereocenters. The van der Waals surface area contributed by atoms with Gasteiger partial charge in [0.2, 0.25) is 0 Å². The zero-order chi connectivity index (χ0) is 11.4. The van der Waals surface area contributed by atoms with Crippen molar-refractivity contribution in [2.45, 2.75) is 6.54 Å². The van der Waals surface area contributed by atoms with Crippen LogP contribution in [0.5, 0.6) is 5.75 Å². The average molecular weight is 236 g/mol. The summed E-state index contributed by atoms with van der Waals surface area (Å²) in [6.45, 7) is 0.619. The minimum atomic E-state index is 0.258. The first-order valence-electron chi connectivity index (χ1n) is 4.73. The maximum absolute atomic E-state index is 9.12. The molecule has 4 nitrogen and oxygen atoms in total. The van der Waals surface area contributed by atoms with Gasteiger partial charge in [0.25, 0.3) is 0 Å². The summed E-state index contributed by atoms with van der Waals surface area (Å²) < 4.78 is 0. The summed E-state index contributed by atoms with van der Waals surface area (Å²) in [5.74, 6) is 0.932. The first-order valence-corrected chi connectivity index (χ1v) is 5.11. The van der Waals surface area contributed by atoms with Crippen LogP contribution in [0.15, 0.2) is 36.7 Å². The van der Waals surface area contributed by atoms with Crippen LogP contribution in [0.25, 0.3) is 0 Å². The summed E-state index contributed by atoms with van der Waals surface area (Å²) in [6.07, 6.45) is 1.40. The molecule has 0 bridgehead atoms. The molecule has 1 aromatic heterocycles. The predicted octanol–water partition coefficient (Wildman–Crippen LogP) is 2.45. The van der Waals surface area contributed by atoms with Gasteiger partial charge in [-0.2, -0.15) is 0 Å². The van der Waals surface area contributed by atoms with E-state index in [0.29, 0.717) is 17.5 Å². The molecule has 2 N–H and O–H groups in total. The van der Waals surface area contributed by atoms with Gasteiger partial charge in [0.15, 0.2) is 0 Å². The van der Waals surface area contributed by atoms with Crippen molar-refractivity contribution in [3.05, 3.63) is 47.4 Å². The van der Waals surface area contributed by atoms with Gasteiger partial charge in [0.05, 0.1) is 0 Å². The second-order valence-electron chi connectivity index (χ2n) is 3.25. The minimum absolute atomic E-state index is 0.258. The fraction of sp³-hybridized carbons (Fsp3) is 0.0909. The molecule has 0 amide bonds. The van der Waals surface area contributed by atoms with E-state index in [1.165, 1.54) is 6.33 Å². The van der Waals surface area contributed by atoms with E-state index in [-0.39, 0.29) is 5.75 Å². The lowest BCUT2D eigenvalue weighted by Crippen LogP contribution is -2.01. The number of hydrogen-bond donors (Lipinski definition) is 2. The third-order valence-corrected chi connectivity index (χ3v) is 2.25. The number of aromatic nitrogens is 2. The lowest BCUT2D eigenvalue weighted by molar-refractivity contribution is 0.475. The summed E-state index contributed by atoms with van der Waals surface area (Å²) in [7, 11) is 0. The number of anilines is 1. The van der Waals surface area contributed by atoms with E-state index in [2.05, 4.69) is 15.3 Å². The quantitative estimate of drug-likeness (QED) is 0.803. The van der Waals surface area contributed by atoms with Gasteiger partial charge in [-0.05, 0) is 17.7 Å². The van der Waals surface area contributed by atoms with Crippen LogP contribution in [0.4, 0.5) is 5.82 Å². The number of nitrogens with zero attached hydrogens (tertiary/aromatic N) is 2. The highest BCUT2D eigenvalue weighted by Crippen LogP contribution is 2.12. The van der Waals surface area contributed by atoms with Gasteiger partial charge < -0.3 is 10.4 Å². The highest BCUT2D eigenvalue weighted by molar-refractivity contribution is 6.29. The van der Waals surface area contributed by atoms with Gasteiger partial charge in [-0.3, -0.25) is 0 Å². The normalized spacial score (nSPS) is 10.1. The molecule has 0 atom stereocenters. The molecule has 0 fully saturated rings. The Morgan fingerprint density at radius 2 is 1.94 bits per heavy atom. The lowest BCUT2D eigenvalue weighted by atomic mass is 10.2. The molecular weight excluding hydrogens is 226 g/mol. The fourth-order valence-corrected chi connectivity index (χ4v) is 1.38. The van der Waals surface area contributed by atoms with Gasteiger partial charge in [0.1, 0.15) is 23.0 Å². The number of aromatic hydroxyl groups is 1. The van der Waals surface area contributed by atoms with Gasteiger partial charge in [-0.1, -0.05) is 23.7 Å². The van der Waals surface area contributed by atoms with E-state index < -0.39 is 0 Å². The first-order chi connectivity index (χ1) is 7.74. The number of benzene rings is 1. The molecule has 0 aliphatic rings. The van der Waals surface area contributed by atoms with Gasteiger partial charge >= 0.3 is 0 Å². The largest absolute Gasteiger partial charge is 0.508 e. The molecule has 1 heterocycles. The van der Waals surface area contributed by atoms with E-state index in [1.54, 1.807) is 18.2 Å². The Balaban J connectivity index is 1.99. The van der Waals surface area contributed by atoms with Crippen LogP contribution in [-0.4, -0.2) is 15.1 Å². The number of rotatable bonds is 3. The Bertz CT molecular complexity index is 473. The second-order valence-corrected chi connectivity index (χ2v) is 3.63. The van der Waals surface area contributed by atoms with E-state index in [0.717, 1.165) is 5.56 Å². The first kappa shape index (κ1) is 10.7. The monoisotopic (exact) mass is 235 g/mol. The Kier molecular flexibility index (Phi) is 3.22. The molecule has 82 valence electrons. The molecule has 5 heteroatoms. The van der Waals surface area contributed by atoms with E-state index in [9.17, 15) is 0 Å². The Morgan fingerprint density at radius 1 is 1.19 bits per heavy atom. The third-order valence-electron chi connectivity index (χ3n) is 2.04. The van der Waals surface area contributed by atoms with E-state index >= 15 is 0 Å². The van der Waals surface area contributed by atoms with Crippen molar-refractivity contribution in [3.8, 4) is 5.75 Å². The minimum Gasteiger partial charge on any atom is -0.508 e. The van der Waals surface area contributed by atoms with Crippen LogP contribution in [0, 0.1) is 0 Å². The van der Waals surface area contributed by atoms with Crippen LogP contribution >= 0.6 is 11.6 Å². The van der Waals surface area contributed by atoms with Crippen LogP contribution < -0.4 is 5.32 Å². The van der Waals surface area contributed by atoms with Gasteiger partial charge in [-0.15, -0.1) is 0 Å². The van der Waals surface area contributed by atoms with Crippen LogP contribution in [0.3, 0.4) is 0 Å².